The Kier molecular flexibility index (Phi) is 4.09. The van der Waals surface area contributed by atoms with Crippen LogP contribution in [0, 0.1) is 0 Å². The second-order valence-corrected chi connectivity index (χ2v) is 6.84. The highest BCUT2D eigenvalue weighted by molar-refractivity contribution is 7.86. The zero-order chi connectivity index (χ0) is 15.0. The van der Waals surface area contributed by atoms with Crippen molar-refractivity contribution < 1.29 is 13.8 Å². The molecule has 0 radical (unpaired) electrons. The van der Waals surface area contributed by atoms with Crippen LogP contribution in [-0.4, -0.2) is 27.2 Å². The molecule has 0 fully saturated rings. The summed E-state index contributed by atoms with van der Waals surface area (Å²) in [5.41, 5.74) is 1.15. The first-order valence-electron chi connectivity index (χ1n) is 6.77. The van der Waals surface area contributed by atoms with Gasteiger partial charge in [-0.15, -0.1) is 0 Å². The van der Waals surface area contributed by atoms with E-state index in [1.807, 2.05) is 20.8 Å². The van der Waals surface area contributed by atoms with Gasteiger partial charge in [0.2, 0.25) is 5.91 Å². The molecule has 0 saturated carbocycles. The molecule has 20 heavy (non-hydrogen) atoms. The molecular weight excluding hydrogens is 274 g/mol. The van der Waals surface area contributed by atoms with E-state index in [0.717, 1.165) is 0 Å². The first-order valence-corrected chi connectivity index (χ1v) is 7.98. The number of rotatable bonds is 3. The first kappa shape index (κ1) is 14.9. The topological polar surface area (TPSA) is 54.5 Å². The summed E-state index contributed by atoms with van der Waals surface area (Å²) in [6.45, 7) is 7.19. The van der Waals surface area contributed by atoms with E-state index in [1.54, 1.807) is 23.1 Å². The van der Waals surface area contributed by atoms with Gasteiger partial charge in [0.1, 0.15) is 5.25 Å². The summed E-state index contributed by atoms with van der Waals surface area (Å²) in [4.78, 5) is 26.3. The Morgan fingerprint density at radius 2 is 2.05 bits per heavy atom. The minimum absolute atomic E-state index is 0.0326. The van der Waals surface area contributed by atoms with Gasteiger partial charge in [-0.3, -0.25) is 13.8 Å². The number of benzene rings is 1. The van der Waals surface area contributed by atoms with Crippen molar-refractivity contribution in [2.24, 2.45) is 0 Å². The van der Waals surface area contributed by atoms with Crippen molar-refractivity contribution in [3.63, 3.8) is 0 Å². The zero-order valence-corrected chi connectivity index (χ0v) is 13.0. The molecule has 2 rings (SSSR count). The van der Waals surface area contributed by atoms with E-state index < -0.39 is 16.0 Å². The number of ketones is 1. The molecule has 1 aliphatic heterocycles. The third kappa shape index (κ3) is 2.30. The number of amides is 1. The summed E-state index contributed by atoms with van der Waals surface area (Å²) in [5.74, 6) is -0.179. The van der Waals surface area contributed by atoms with Crippen LogP contribution in [0.5, 0.6) is 0 Å². The van der Waals surface area contributed by atoms with Crippen LogP contribution in [-0.2, 0) is 15.6 Å². The van der Waals surface area contributed by atoms with E-state index in [1.165, 1.54) is 6.92 Å². The normalized spacial score (nSPS) is 22.1. The molecule has 0 N–H and O–H groups in total. The molecular formula is C15H19NO3S. The second-order valence-electron chi connectivity index (χ2n) is 5.23. The summed E-state index contributed by atoms with van der Waals surface area (Å²) in [5, 5.41) is -0.493. The average molecular weight is 293 g/mol. The molecule has 0 saturated heterocycles. The molecule has 0 bridgehead atoms. The van der Waals surface area contributed by atoms with Crippen LogP contribution in [0.1, 0.15) is 44.5 Å². The van der Waals surface area contributed by atoms with Gasteiger partial charge in [0.25, 0.3) is 0 Å². The van der Waals surface area contributed by atoms with Gasteiger partial charge in [-0.05, 0) is 39.3 Å². The number of carbonyl (C=O) groups excluding carboxylic acids is 2. The molecule has 0 spiro atoms. The third-order valence-corrected chi connectivity index (χ3v) is 5.33. The van der Waals surface area contributed by atoms with Gasteiger partial charge in [0.05, 0.1) is 21.4 Å². The summed E-state index contributed by atoms with van der Waals surface area (Å²) in [6.07, 6.45) is 0.544. The van der Waals surface area contributed by atoms with Gasteiger partial charge >= 0.3 is 0 Å². The molecule has 0 aliphatic carbocycles. The lowest BCUT2D eigenvalue weighted by atomic mass is 10.1. The SMILES string of the molecule is CCC1C(=O)N(C(C)C)c2cc(C(C)=O)ccc2S1=O. The smallest absolute Gasteiger partial charge is 0.243 e. The Morgan fingerprint density at radius 1 is 1.40 bits per heavy atom. The fourth-order valence-corrected chi connectivity index (χ4v) is 3.94. The van der Waals surface area contributed by atoms with Crippen LogP contribution in [0.4, 0.5) is 5.69 Å². The van der Waals surface area contributed by atoms with Crippen LogP contribution in [0.2, 0.25) is 0 Å². The molecule has 5 heteroatoms. The highest BCUT2D eigenvalue weighted by Gasteiger charge is 2.38. The number of nitrogens with zero attached hydrogens (tertiary/aromatic N) is 1. The Morgan fingerprint density at radius 3 is 2.55 bits per heavy atom. The molecule has 1 heterocycles. The quantitative estimate of drug-likeness (QED) is 0.805. The molecule has 4 nitrogen and oxygen atoms in total. The summed E-state index contributed by atoms with van der Waals surface area (Å²) >= 11 is 0. The van der Waals surface area contributed by atoms with E-state index in [2.05, 4.69) is 0 Å². The van der Waals surface area contributed by atoms with Crippen LogP contribution >= 0.6 is 0 Å². The number of anilines is 1. The third-order valence-electron chi connectivity index (χ3n) is 3.50. The average Bonchev–Trinajstić information content (AvgIpc) is 2.38. The maximum Gasteiger partial charge on any atom is 0.243 e. The molecule has 1 aliphatic rings. The minimum atomic E-state index is -1.34. The van der Waals surface area contributed by atoms with E-state index in [0.29, 0.717) is 22.6 Å². The molecule has 0 aromatic heterocycles. The maximum atomic E-state index is 12.5. The fourth-order valence-electron chi connectivity index (χ4n) is 2.47. The van der Waals surface area contributed by atoms with Crippen LogP contribution in [0.3, 0.4) is 0 Å². The zero-order valence-electron chi connectivity index (χ0n) is 12.2. The number of hydrogen-bond donors (Lipinski definition) is 0. The van der Waals surface area contributed by atoms with E-state index in [4.69, 9.17) is 0 Å². The van der Waals surface area contributed by atoms with Crippen molar-refractivity contribution in [1.82, 2.24) is 0 Å². The number of Topliss-reactive ketones (excluding diaryl/α,β-unsaturated/α-hetero) is 1. The van der Waals surface area contributed by atoms with Gasteiger partial charge in [-0.2, -0.15) is 0 Å². The molecule has 1 amide bonds. The lowest BCUT2D eigenvalue weighted by Crippen LogP contribution is -2.48. The standard InChI is InChI=1S/C15H19NO3S/c1-5-13-15(18)16(9(2)3)12-8-11(10(4)17)6-7-14(12)20(13)19/h6-9,13H,5H2,1-4H3. The van der Waals surface area contributed by atoms with Crippen LogP contribution in [0.25, 0.3) is 0 Å². The van der Waals surface area contributed by atoms with Crippen molar-refractivity contribution in [1.29, 1.82) is 0 Å². The van der Waals surface area contributed by atoms with Crippen LogP contribution < -0.4 is 4.90 Å². The van der Waals surface area contributed by atoms with E-state index in [9.17, 15) is 13.8 Å². The van der Waals surface area contributed by atoms with Gasteiger partial charge in [0, 0.05) is 11.6 Å². The number of carbonyl (C=O) groups is 2. The number of fused-ring (bicyclic) bond motifs is 1. The van der Waals surface area contributed by atoms with Crippen molar-refractivity contribution in [3.05, 3.63) is 23.8 Å². The molecule has 1 aromatic carbocycles. The van der Waals surface area contributed by atoms with Crippen molar-refractivity contribution in [2.75, 3.05) is 4.90 Å². The fraction of sp³-hybridized carbons (Fsp3) is 0.467. The second kappa shape index (κ2) is 5.48. The number of hydrogen-bond acceptors (Lipinski definition) is 3. The monoisotopic (exact) mass is 293 g/mol. The van der Waals surface area contributed by atoms with E-state index >= 15 is 0 Å². The largest absolute Gasteiger partial charge is 0.308 e. The Balaban J connectivity index is 2.65. The van der Waals surface area contributed by atoms with Crippen molar-refractivity contribution >= 4 is 28.2 Å². The molecule has 2 atom stereocenters. The van der Waals surface area contributed by atoms with Gasteiger partial charge < -0.3 is 4.90 Å². The van der Waals surface area contributed by atoms with E-state index in [-0.39, 0.29) is 17.7 Å². The first-order chi connectivity index (χ1) is 9.38. The minimum Gasteiger partial charge on any atom is -0.308 e. The summed E-state index contributed by atoms with van der Waals surface area (Å²) < 4.78 is 12.5. The van der Waals surface area contributed by atoms with Crippen LogP contribution in [0.15, 0.2) is 23.1 Å². The lowest BCUT2D eigenvalue weighted by molar-refractivity contribution is -0.118. The van der Waals surface area contributed by atoms with Gasteiger partial charge in [0.15, 0.2) is 5.78 Å². The predicted octanol–water partition coefficient (Wildman–Crippen LogP) is 2.53. The van der Waals surface area contributed by atoms with Crippen molar-refractivity contribution in [2.45, 2.75) is 50.3 Å². The van der Waals surface area contributed by atoms with Crippen molar-refractivity contribution in [3.8, 4) is 0 Å². The lowest BCUT2D eigenvalue weighted by Gasteiger charge is -2.36. The highest BCUT2D eigenvalue weighted by Crippen LogP contribution is 2.35. The summed E-state index contributed by atoms with van der Waals surface area (Å²) in [7, 11) is -1.34. The Labute approximate surface area is 121 Å². The molecule has 1 aromatic rings. The Bertz CT molecular complexity index is 595. The molecule has 2 unspecified atom stereocenters. The maximum absolute atomic E-state index is 12.5. The highest BCUT2D eigenvalue weighted by atomic mass is 32.2. The Hall–Kier alpha value is -1.49. The van der Waals surface area contributed by atoms with Gasteiger partial charge in [-0.25, -0.2) is 0 Å². The van der Waals surface area contributed by atoms with Gasteiger partial charge in [-0.1, -0.05) is 13.0 Å². The molecule has 108 valence electrons. The predicted molar refractivity (Wildman–Crippen MR) is 79.6 cm³/mol. The summed E-state index contributed by atoms with van der Waals surface area (Å²) in [6, 6.07) is 5.04.